The number of aliphatic hydroxyl groups is 1. The second-order valence-electron chi connectivity index (χ2n) is 6.13. The number of likely N-dealkylation sites (tertiary alicyclic amines) is 1. The molecule has 2 aromatic heterocycles. The number of pyridine rings is 1. The average Bonchev–Trinajstić information content (AvgIpc) is 2.80. The van der Waals surface area contributed by atoms with Crippen molar-refractivity contribution in [2.45, 2.75) is 26.3 Å². The summed E-state index contributed by atoms with van der Waals surface area (Å²) in [5.41, 5.74) is 2.00. The van der Waals surface area contributed by atoms with Gasteiger partial charge in [-0.25, -0.2) is 4.98 Å². The van der Waals surface area contributed by atoms with Gasteiger partial charge >= 0.3 is 0 Å². The van der Waals surface area contributed by atoms with Crippen LogP contribution in [0.2, 0.25) is 5.02 Å². The van der Waals surface area contributed by atoms with E-state index in [0.717, 1.165) is 43.8 Å². The highest BCUT2D eigenvalue weighted by atomic mass is 35.5. The molecule has 3 heterocycles. The molecule has 0 amide bonds. The third-order valence-electron chi connectivity index (χ3n) is 4.09. The average molecular weight is 294 g/mol. The minimum absolute atomic E-state index is 0.0285. The third-order valence-corrected chi connectivity index (χ3v) is 4.32. The van der Waals surface area contributed by atoms with E-state index in [-0.39, 0.29) is 12.0 Å². The van der Waals surface area contributed by atoms with E-state index in [4.69, 9.17) is 11.6 Å². The predicted molar refractivity (Wildman–Crippen MR) is 79.9 cm³/mol. The second-order valence-corrected chi connectivity index (χ2v) is 6.56. The van der Waals surface area contributed by atoms with Crippen LogP contribution in [0.4, 0.5) is 0 Å². The van der Waals surface area contributed by atoms with Crippen LogP contribution in [0.5, 0.6) is 0 Å². The van der Waals surface area contributed by atoms with E-state index in [0.29, 0.717) is 5.02 Å². The molecule has 0 bridgehead atoms. The van der Waals surface area contributed by atoms with Crippen molar-refractivity contribution < 1.29 is 5.11 Å². The van der Waals surface area contributed by atoms with Crippen molar-refractivity contribution in [1.82, 2.24) is 14.3 Å². The molecule has 0 aliphatic carbocycles. The zero-order chi connectivity index (χ0) is 14.2. The van der Waals surface area contributed by atoms with Gasteiger partial charge in [0.15, 0.2) is 0 Å². The van der Waals surface area contributed by atoms with Crippen LogP contribution in [0.1, 0.15) is 25.5 Å². The molecule has 1 aliphatic rings. The Balaban J connectivity index is 1.75. The molecule has 0 saturated carbocycles. The second kappa shape index (κ2) is 5.35. The molecule has 1 N–H and O–H groups in total. The quantitative estimate of drug-likeness (QED) is 0.946. The highest BCUT2D eigenvalue weighted by Gasteiger charge is 2.30. The van der Waals surface area contributed by atoms with Crippen LogP contribution in [0.3, 0.4) is 0 Å². The maximum Gasteiger partial charge on any atom is 0.137 e. The number of aromatic nitrogens is 2. The predicted octanol–water partition coefficient (Wildman–Crippen LogP) is 2.58. The van der Waals surface area contributed by atoms with E-state index in [1.54, 1.807) is 0 Å². The van der Waals surface area contributed by atoms with Gasteiger partial charge in [0.05, 0.1) is 10.7 Å². The fourth-order valence-electron chi connectivity index (χ4n) is 3.01. The molecule has 4 nitrogen and oxygen atoms in total. The van der Waals surface area contributed by atoms with Crippen LogP contribution >= 0.6 is 11.6 Å². The van der Waals surface area contributed by atoms with Crippen LogP contribution in [0, 0.1) is 5.41 Å². The minimum Gasteiger partial charge on any atom is -0.396 e. The van der Waals surface area contributed by atoms with E-state index in [1.807, 2.05) is 28.9 Å². The molecule has 1 aliphatic heterocycles. The molecule has 1 unspecified atom stereocenters. The number of aliphatic hydroxyl groups excluding tert-OH is 1. The van der Waals surface area contributed by atoms with E-state index in [1.165, 1.54) is 0 Å². The molecule has 1 saturated heterocycles. The number of piperidine rings is 1. The number of nitrogens with zero attached hydrogens (tertiary/aromatic N) is 3. The van der Waals surface area contributed by atoms with Crippen LogP contribution in [-0.2, 0) is 6.54 Å². The maximum absolute atomic E-state index is 9.52. The van der Waals surface area contributed by atoms with Gasteiger partial charge in [0.1, 0.15) is 5.65 Å². The Morgan fingerprint density at radius 1 is 1.40 bits per heavy atom. The molecule has 3 rings (SSSR count). The normalized spacial score (nSPS) is 24.4. The van der Waals surface area contributed by atoms with Crippen LogP contribution < -0.4 is 0 Å². The molecule has 2 aromatic rings. The van der Waals surface area contributed by atoms with Crippen molar-refractivity contribution in [2.75, 3.05) is 19.7 Å². The lowest BCUT2D eigenvalue weighted by Gasteiger charge is -2.39. The first-order chi connectivity index (χ1) is 9.58. The fraction of sp³-hybridized carbons (Fsp3) is 0.533. The lowest BCUT2D eigenvalue weighted by atomic mass is 9.83. The highest BCUT2D eigenvalue weighted by Crippen LogP contribution is 2.29. The Labute approximate surface area is 124 Å². The maximum atomic E-state index is 9.52. The lowest BCUT2D eigenvalue weighted by molar-refractivity contribution is 0.0424. The van der Waals surface area contributed by atoms with Crippen molar-refractivity contribution in [3.8, 4) is 0 Å². The van der Waals surface area contributed by atoms with Gasteiger partial charge in [-0.1, -0.05) is 18.5 Å². The molecule has 0 radical (unpaired) electrons. The van der Waals surface area contributed by atoms with Crippen molar-refractivity contribution >= 4 is 17.2 Å². The number of hydrogen-bond acceptors (Lipinski definition) is 3. The van der Waals surface area contributed by atoms with Crippen molar-refractivity contribution in [3.05, 3.63) is 35.2 Å². The van der Waals surface area contributed by atoms with Crippen LogP contribution in [0.15, 0.2) is 24.5 Å². The zero-order valence-electron chi connectivity index (χ0n) is 11.7. The van der Waals surface area contributed by atoms with Gasteiger partial charge in [0.25, 0.3) is 0 Å². The summed E-state index contributed by atoms with van der Waals surface area (Å²) >= 11 is 5.99. The highest BCUT2D eigenvalue weighted by molar-refractivity contribution is 6.30. The summed E-state index contributed by atoms with van der Waals surface area (Å²) < 4.78 is 1.97. The summed E-state index contributed by atoms with van der Waals surface area (Å²) in [6, 6.07) is 3.79. The van der Waals surface area contributed by atoms with Gasteiger partial charge in [-0.15, -0.1) is 0 Å². The third kappa shape index (κ3) is 2.82. The summed E-state index contributed by atoms with van der Waals surface area (Å²) in [6.45, 7) is 5.24. The zero-order valence-corrected chi connectivity index (χ0v) is 12.5. The molecule has 0 aromatic carbocycles. The standard InChI is InChI=1S/C15H20ClN3O/c1-15(11-20)5-2-6-18(10-15)8-13-9-19-7-12(16)3-4-14(19)17-13/h3-4,7,9,20H,2,5-6,8,10-11H2,1H3. The molecular weight excluding hydrogens is 274 g/mol. The minimum atomic E-state index is 0.0285. The summed E-state index contributed by atoms with van der Waals surface area (Å²) in [7, 11) is 0. The number of rotatable bonds is 3. The largest absolute Gasteiger partial charge is 0.396 e. The van der Waals surface area contributed by atoms with Gasteiger partial charge in [-0.05, 0) is 31.5 Å². The molecule has 5 heteroatoms. The molecule has 20 heavy (non-hydrogen) atoms. The molecule has 0 spiro atoms. The monoisotopic (exact) mass is 293 g/mol. The summed E-state index contributed by atoms with van der Waals surface area (Å²) in [4.78, 5) is 7.00. The molecule has 1 fully saturated rings. The summed E-state index contributed by atoms with van der Waals surface area (Å²) in [6.07, 6.45) is 6.14. The summed E-state index contributed by atoms with van der Waals surface area (Å²) in [5, 5.41) is 10.2. The van der Waals surface area contributed by atoms with E-state index in [9.17, 15) is 5.11 Å². The van der Waals surface area contributed by atoms with E-state index in [2.05, 4.69) is 16.8 Å². The molecular formula is C15H20ClN3O. The Morgan fingerprint density at radius 3 is 3.05 bits per heavy atom. The van der Waals surface area contributed by atoms with Gasteiger partial charge in [0.2, 0.25) is 0 Å². The Kier molecular flexibility index (Phi) is 3.71. The Hall–Kier alpha value is -1.10. The first kappa shape index (κ1) is 13.9. The lowest BCUT2D eigenvalue weighted by Crippen LogP contribution is -2.43. The van der Waals surface area contributed by atoms with Gasteiger partial charge in [-0.2, -0.15) is 0 Å². The smallest absolute Gasteiger partial charge is 0.137 e. The number of imidazole rings is 1. The van der Waals surface area contributed by atoms with Gasteiger partial charge in [0, 0.05) is 37.5 Å². The van der Waals surface area contributed by atoms with Crippen molar-refractivity contribution in [1.29, 1.82) is 0 Å². The summed E-state index contributed by atoms with van der Waals surface area (Å²) in [5.74, 6) is 0. The van der Waals surface area contributed by atoms with E-state index < -0.39 is 0 Å². The Morgan fingerprint density at radius 2 is 2.25 bits per heavy atom. The first-order valence-electron chi connectivity index (χ1n) is 7.04. The Bertz CT molecular complexity index is 612. The topological polar surface area (TPSA) is 40.8 Å². The van der Waals surface area contributed by atoms with E-state index >= 15 is 0 Å². The van der Waals surface area contributed by atoms with Gasteiger partial charge in [-0.3, -0.25) is 4.90 Å². The van der Waals surface area contributed by atoms with Crippen LogP contribution in [0.25, 0.3) is 5.65 Å². The SMILES string of the molecule is CC1(CO)CCCN(Cc2cn3cc(Cl)ccc3n2)C1. The van der Waals surface area contributed by atoms with Crippen molar-refractivity contribution in [3.63, 3.8) is 0 Å². The first-order valence-corrected chi connectivity index (χ1v) is 7.42. The number of halogens is 1. The fourth-order valence-corrected chi connectivity index (χ4v) is 3.18. The number of hydrogen-bond donors (Lipinski definition) is 1. The van der Waals surface area contributed by atoms with Gasteiger partial charge < -0.3 is 9.51 Å². The molecule has 108 valence electrons. The van der Waals surface area contributed by atoms with Crippen molar-refractivity contribution in [2.24, 2.45) is 5.41 Å². The van der Waals surface area contributed by atoms with Crippen LogP contribution in [-0.4, -0.2) is 39.1 Å². The molecule has 1 atom stereocenters. The number of fused-ring (bicyclic) bond motifs is 1.